The van der Waals surface area contributed by atoms with E-state index in [0.29, 0.717) is 24.5 Å². The molecule has 17 heavy (non-hydrogen) atoms. The Morgan fingerprint density at radius 2 is 1.94 bits per heavy atom. The molecule has 2 heteroatoms. The summed E-state index contributed by atoms with van der Waals surface area (Å²) < 4.78 is 0. The van der Waals surface area contributed by atoms with E-state index in [4.69, 9.17) is 0 Å². The minimum absolute atomic E-state index is 0.343. The number of hydrogen-bond acceptors (Lipinski definition) is 2. The fourth-order valence-electron chi connectivity index (χ4n) is 1.67. The molecule has 0 aromatic heterocycles. The molecule has 2 rings (SSSR count). The average molecular weight is 231 g/mol. The number of nitrogens with zero attached hydrogens (tertiary/aromatic N) is 1. The Kier molecular flexibility index (Phi) is 5.61. The van der Waals surface area contributed by atoms with E-state index in [9.17, 15) is 4.79 Å². The van der Waals surface area contributed by atoms with Gasteiger partial charge in [-0.3, -0.25) is 9.79 Å². The second-order valence-electron chi connectivity index (χ2n) is 4.33. The van der Waals surface area contributed by atoms with Crippen LogP contribution in [0.4, 0.5) is 5.69 Å². The Hall–Kier alpha value is -1.44. The SMILES string of the molecule is CC1C=Nc2ccccc2C1.CCC(=O)CC. The summed E-state index contributed by atoms with van der Waals surface area (Å²) in [6, 6.07) is 8.33. The van der Waals surface area contributed by atoms with E-state index in [-0.39, 0.29) is 0 Å². The van der Waals surface area contributed by atoms with E-state index in [1.807, 2.05) is 26.1 Å². The summed E-state index contributed by atoms with van der Waals surface area (Å²) in [6.07, 6.45) is 4.55. The van der Waals surface area contributed by atoms with Crippen molar-refractivity contribution in [1.29, 1.82) is 0 Å². The maximum Gasteiger partial charge on any atom is 0.132 e. The van der Waals surface area contributed by atoms with Crippen LogP contribution in [-0.2, 0) is 11.2 Å². The second kappa shape index (κ2) is 7.00. The van der Waals surface area contributed by atoms with Crippen molar-refractivity contribution in [2.45, 2.75) is 40.0 Å². The monoisotopic (exact) mass is 231 g/mol. The van der Waals surface area contributed by atoms with Gasteiger partial charge in [0.2, 0.25) is 0 Å². The van der Waals surface area contributed by atoms with E-state index < -0.39 is 0 Å². The van der Waals surface area contributed by atoms with Crippen molar-refractivity contribution in [3.8, 4) is 0 Å². The second-order valence-corrected chi connectivity index (χ2v) is 4.33. The molecule has 0 bridgehead atoms. The molecule has 1 aromatic carbocycles. The normalized spacial score (nSPS) is 16.8. The van der Waals surface area contributed by atoms with Gasteiger partial charge in [0.1, 0.15) is 5.78 Å². The van der Waals surface area contributed by atoms with Crippen molar-refractivity contribution >= 4 is 17.7 Å². The van der Waals surface area contributed by atoms with Crippen LogP contribution in [0.25, 0.3) is 0 Å². The lowest BCUT2D eigenvalue weighted by molar-refractivity contribution is -0.118. The molecule has 0 N–H and O–H groups in total. The molecule has 92 valence electrons. The van der Waals surface area contributed by atoms with Crippen molar-refractivity contribution in [2.75, 3.05) is 0 Å². The largest absolute Gasteiger partial charge is 0.300 e. The number of carbonyl (C=O) groups is 1. The summed E-state index contributed by atoms with van der Waals surface area (Å²) in [5, 5.41) is 0. The van der Waals surface area contributed by atoms with E-state index in [1.165, 1.54) is 5.56 Å². The molecule has 1 heterocycles. The highest BCUT2D eigenvalue weighted by Crippen LogP contribution is 2.24. The van der Waals surface area contributed by atoms with Crippen LogP contribution in [0, 0.1) is 5.92 Å². The van der Waals surface area contributed by atoms with E-state index >= 15 is 0 Å². The molecule has 0 fully saturated rings. The number of carbonyl (C=O) groups excluding carboxylic acids is 1. The van der Waals surface area contributed by atoms with Gasteiger partial charge in [0.25, 0.3) is 0 Å². The Bertz CT molecular complexity index is 390. The Balaban J connectivity index is 0.000000209. The summed E-state index contributed by atoms with van der Waals surface area (Å²) >= 11 is 0. The lowest BCUT2D eigenvalue weighted by atomic mass is 9.98. The summed E-state index contributed by atoms with van der Waals surface area (Å²) in [5.74, 6) is 0.944. The number of ketones is 1. The Labute approximate surface area is 104 Å². The maximum absolute atomic E-state index is 10.2. The first-order valence-electron chi connectivity index (χ1n) is 6.31. The molecular formula is C15H21NO. The number of benzene rings is 1. The molecule has 1 atom stereocenters. The molecule has 0 spiro atoms. The van der Waals surface area contributed by atoms with Crippen molar-refractivity contribution in [2.24, 2.45) is 10.9 Å². The number of para-hydroxylation sites is 1. The summed E-state index contributed by atoms with van der Waals surface area (Å²) in [7, 11) is 0. The van der Waals surface area contributed by atoms with Gasteiger partial charge < -0.3 is 0 Å². The molecule has 1 aliphatic rings. The standard InChI is InChI=1S/C10H11N.C5H10O/c1-8-6-9-4-2-3-5-10(9)11-7-8;1-3-5(6)4-2/h2-5,7-8H,6H2,1H3;3-4H2,1-2H3. The smallest absolute Gasteiger partial charge is 0.132 e. The molecular weight excluding hydrogens is 210 g/mol. The molecule has 1 aliphatic heterocycles. The van der Waals surface area contributed by atoms with Crippen molar-refractivity contribution in [3.63, 3.8) is 0 Å². The maximum atomic E-state index is 10.2. The van der Waals surface area contributed by atoms with Crippen molar-refractivity contribution in [1.82, 2.24) is 0 Å². The van der Waals surface area contributed by atoms with Gasteiger partial charge in [0.05, 0.1) is 5.69 Å². The highest BCUT2D eigenvalue weighted by molar-refractivity contribution is 5.77. The molecule has 0 saturated carbocycles. The highest BCUT2D eigenvalue weighted by Gasteiger charge is 2.08. The van der Waals surface area contributed by atoms with Crippen LogP contribution in [0.3, 0.4) is 0 Å². The zero-order valence-electron chi connectivity index (χ0n) is 10.9. The minimum atomic E-state index is 0.343. The number of aliphatic imine (C=N–C) groups is 1. The molecule has 2 nitrogen and oxygen atoms in total. The Morgan fingerprint density at radius 1 is 1.29 bits per heavy atom. The Morgan fingerprint density at radius 3 is 2.53 bits per heavy atom. The van der Waals surface area contributed by atoms with Crippen molar-refractivity contribution in [3.05, 3.63) is 29.8 Å². The zero-order chi connectivity index (χ0) is 12.7. The van der Waals surface area contributed by atoms with E-state index in [2.05, 4.69) is 30.1 Å². The van der Waals surface area contributed by atoms with Crippen LogP contribution in [-0.4, -0.2) is 12.0 Å². The van der Waals surface area contributed by atoms with Crippen LogP contribution in [0.1, 0.15) is 39.2 Å². The molecule has 1 unspecified atom stereocenters. The van der Waals surface area contributed by atoms with Gasteiger partial charge in [-0.2, -0.15) is 0 Å². The van der Waals surface area contributed by atoms with Crippen molar-refractivity contribution < 1.29 is 4.79 Å². The lowest BCUT2D eigenvalue weighted by Gasteiger charge is -2.13. The lowest BCUT2D eigenvalue weighted by Crippen LogP contribution is -2.05. The van der Waals surface area contributed by atoms with Gasteiger partial charge in [-0.05, 0) is 24.0 Å². The number of fused-ring (bicyclic) bond motifs is 1. The van der Waals surface area contributed by atoms with Gasteiger partial charge >= 0.3 is 0 Å². The van der Waals surface area contributed by atoms with Crippen LogP contribution >= 0.6 is 0 Å². The van der Waals surface area contributed by atoms with E-state index in [0.717, 1.165) is 12.1 Å². The summed E-state index contributed by atoms with van der Waals surface area (Å²) in [5.41, 5.74) is 2.52. The third kappa shape index (κ3) is 4.51. The number of hydrogen-bond donors (Lipinski definition) is 0. The zero-order valence-corrected chi connectivity index (χ0v) is 10.9. The third-order valence-corrected chi connectivity index (χ3v) is 2.79. The minimum Gasteiger partial charge on any atom is -0.300 e. The quantitative estimate of drug-likeness (QED) is 0.757. The first kappa shape index (κ1) is 13.6. The van der Waals surface area contributed by atoms with Crippen LogP contribution in [0.5, 0.6) is 0 Å². The fraction of sp³-hybridized carbons (Fsp3) is 0.467. The van der Waals surface area contributed by atoms with Gasteiger partial charge in [-0.25, -0.2) is 0 Å². The van der Waals surface area contributed by atoms with Crippen LogP contribution < -0.4 is 0 Å². The third-order valence-electron chi connectivity index (χ3n) is 2.79. The van der Waals surface area contributed by atoms with E-state index in [1.54, 1.807) is 0 Å². The van der Waals surface area contributed by atoms with Gasteiger partial charge in [0.15, 0.2) is 0 Å². The first-order valence-corrected chi connectivity index (χ1v) is 6.31. The molecule has 0 aliphatic carbocycles. The van der Waals surface area contributed by atoms with Gasteiger partial charge in [-0.1, -0.05) is 39.0 Å². The molecule has 0 saturated heterocycles. The summed E-state index contributed by atoms with van der Waals surface area (Å²) in [6.45, 7) is 5.96. The topological polar surface area (TPSA) is 29.4 Å². The molecule has 0 amide bonds. The highest BCUT2D eigenvalue weighted by atomic mass is 16.1. The van der Waals surface area contributed by atoms with Crippen LogP contribution in [0.2, 0.25) is 0 Å². The average Bonchev–Trinajstić information content (AvgIpc) is 2.38. The molecule has 0 radical (unpaired) electrons. The molecule has 1 aromatic rings. The predicted molar refractivity (Wildman–Crippen MR) is 73.1 cm³/mol. The summed E-state index contributed by atoms with van der Waals surface area (Å²) in [4.78, 5) is 14.5. The number of Topliss-reactive ketones (excluding diaryl/α,β-unsaturated/α-hetero) is 1. The van der Waals surface area contributed by atoms with Gasteiger partial charge in [-0.15, -0.1) is 0 Å². The van der Waals surface area contributed by atoms with Crippen LogP contribution in [0.15, 0.2) is 29.3 Å². The first-order chi connectivity index (χ1) is 8.17. The predicted octanol–water partition coefficient (Wildman–Crippen LogP) is 3.96. The van der Waals surface area contributed by atoms with Gasteiger partial charge in [0, 0.05) is 19.1 Å². The number of rotatable bonds is 2. The fourth-order valence-corrected chi connectivity index (χ4v) is 1.67.